The molecule has 0 amide bonds. The summed E-state index contributed by atoms with van der Waals surface area (Å²) in [6.45, 7) is 3.69. The molecule has 2 rings (SSSR count). The van der Waals surface area contributed by atoms with Crippen molar-refractivity contribution in [3.63, 3.8) is 0 Å². The Kier molecular flexibility index (Phi) is 5.89. The van der Waals surface area contributed by atoms with Crippen molar-refractivity contribution in [3.8, 4) is 11.6 Å². The normalized spacial score (nSPS) is 15.9. The lowest BCUT2D eigenvalue weighted by molar-refractivity contribution is 0.196. The van der Waals surface area contributed by atoms with Crippen LogP contribution < -0.4 is 14.8 Å². The third-order valence-corrected chi connectivity index (χ3v) is 3.70. The Morgan fingerprint density at radius 2 is 2.05 bits per heavy atom. The summed E-state index contributed by atoms with van der Waals surface area (Å²) in [5, 5.41) is 3.24. The fourth-order valence-corrected chi connectivity index (χ4v) is 2.56. The molecule has 0 radical (unpaired) electrons. The van der Waals surface area contributed by atoms with Crippen molar-refractivity contribution in [2.24, 2.45) is 5.92 Å². The molecule has 1 aliphatic carbocycles. The molecule has 0 atom stereocenters. The lowest BCUT2D eigenvalue weighted by atomic mass is 9.90. The Bertz CT molecular complexity index is 406. The Balaban J connectivity index is 1.98. The zero-order valence-electron chi connectivity index (χ0n) is 12.5. The van der Waals surface area contributed by atoms with Gasteiger partial charge in [-0.15, -0.1) is 0 Å². The highest BCUT2D eigenvalue weighted by atomic mass is 16.5. The van der Waals surface area contributed by atoms with E-state index in [0.717, 1.165) is 19.6 Å². The number of rotatable bonds is 7. The Morgan fingerprint density at radius 1 is 1.25 bits per heavy atom. The van der Waals surface area contributed by atoms with E-state index >= 15 is 0 Å². The lowest BCUT2D eigenvalue weighted by Crippen LogP contribution is -2.16. The van der Waals surface area contributed by atoms with E-state index in [1.165, 1.54) is 38.4 Å². The van der Waals surface area contributed by atoms with Gasteiger partial charge in [0, 0.05) is 6.54 Å². The lowest BCUT2D eigenvalue weighted by Gasteiger charge is -2.22. The van der Waals surface area contributed by atoms with Gasteiger partial charge in [-0.25, -0.2) is 4.98 Å². The summed E-state index contributed by atoms with van der Waals surface area (Å²) in [6.07, 6.45) is 9.07. The van der Waals surface area contributed by atoms with Crippen LogP contribution in [0.5, 0.6) is 11.6 Å². The van der Waals surface area contributed by atoms with Gasteiger partial charge in [-0.2, -0.15) is 4.98 Å². The largest absolute Gasteiger partial charge is 0.489 e. The maximum Gasteiger partial charge on any atom is 0.262 e. The van der Waals surface area contributed by atoms with Crippen LogP contribution in [-0.2, 0) is 0 Å². The van der Waals surface area contributed by atoms with E-state index in [1.807, 2.05) is 0 Å². The number of nitrogens with zero attached hydrogens (tertiary/aromatic N) is 2. The van der Waals surface area contributed by atoms with Crippen LogP contribution in [0, 0.1) is 5.92 Å². The minimum Gasteiger partial charge on any atom is -0.489 e. The van der Waals surface area contributed by atoms with Crippen LogP contribution in [0.15, 0.2) is 6.33 Å². The van der Waals surface area contributed by atoms with Crippen molar-refractivity contribution in [2.75, 3.05) is 25.6 Å². The molecule has 0 aliphatic heterocycles. The number of nitrogens with one attached hydrogen (secondary N) is 1. The van der Waals surface area contributed by atoms with Crippen molar-refractivity contribution >= 4 is 5.82 Å². The van der Waals surface area contributed by atoms with Gasteiger partial charge in [0.25, 0.3) is 5.88 Å². The van der Waals surface area contributed by atoms with Crippen molar-refractivity contribution in [1.82, 2.24) is 9.97 Å². The van der Waals surface area contributed by atoms with Gasteiger partial charge in [0.2, 0.25) is 5.75 Å². The molecule has 1 aromatic heterocycles. The molecule has 0 aromatic carbocycles. The summed E-state index contributed by atoms with van der Waals surface area (Å²) in [7, 11) is 1.63. The molecule has 1 fully saturated rings. The fraction of sp³-hybridized carbons (Fsp3) is 0.733. The quantitative estimate of drug-likeness (QED) is 0.830. The maximum atomic E-state index is 5.87. The third-order valence-electron chi connectivity index (χ3n) is 3.70. The first-order valence-corrected chi connectivity index (χ1v) is 7.60. The summed E-state index contributed by atoms with van der Waals surface area (Å²) in [6, 6.07) is 0. The van der Waals surface area contributed by atoms with Gasteiger partial charge in [-0.3, -0.25) is 0 Å². The highest BCUT2D eigenvalue weighted by molar-refractivity contribution is 5.54. The molecule has 20 heavy (non-hydrogen) atoms. The molecule has 5 nitrogen and oxygen atoms in total. The van der Waals surface area contributed by atoms with Crippen LogP contribution >= 0.6 is 0 Å². The second-order valence-corrected chi connectivity index (χ2v) is 5.30. The van der Waals surface area contributed by atoms with Crippen molar-refractivity contribution in [2.45, 2.75) is 45.4 Å². The van der Waals surface area contributed by atoms with E-state index in [4.69, 9.17) is 9.47 Å². The molecule has 1 aromatic rings. The molecule has 1 N–H and O–H groups in total. The Labute approximate surface area is 121 Å². The molecule has 5 heteroatoms. The van der Waals surface area contributed by atoms with Gasteiger partial charge >= 0.3 is 0 Å². The summed E-state index contributed by atoms with van der Waals surface area (Å²) in [4.78, 5) is 8.42. The highest BCUT2D eigenvalue weighted by Gasteiger charge is 2.17. The summed E-state index contributed by atoms with van der Waals surface area (Å²) in [5.74, 6) is 2.52. The van der Waals surface area contributed by atoms with Gasteiger partial charge in [0.1, 0.15) is 6.33 Å². The average Bonchev–Trinajstić information content (AvgIpc) is 2.51. The van der Waals surface area contributed by atoms with E-state index in [1.54, 1.807) is 7.11 Å². The second-order valence-electron chi connectivity index (χ2n) is 5.30. The van der Waals surface area contributed by atoms with Crippen molar-refractivity contribution < 1.29 is 9.47 Å². The Morgan fingerprint density at radius 3 is 2.75 bits per heavy atom. The number of hydrogen-bond acceptors (Lipinski definition) is 5. The zero-order chi connectivity index (χ0) is 14.2. The topological polar surface area (TPSA) is 56.3 Å². The second kappa shape index (κ2) is 7.92. The Hall–Kier alpha value is -1.52. The summed E-state index contributed by atoms with van der Waals surface area (Å²) >= 11 is 0. The average molecular weight is 279 g/mol. The number of hydrogen-bond donors (Lipinski definition) is 1. The zero-order valence-corrected chi connectivity index (χ0v) is 12.5. The van der Waals surface area contributed by atoms with Crippen LogP contribution in [0.1, 0.15) is 45.4 Å². The molecule has 0 spiro atoms. The van der Waals surface area contributed by atoms with Crippen molar-refractivity contribution in [3.05, 3.63) is 6.33 Å². The van der Waals surface area contributed by atoms with E-state index in [-0.39, 0.29) is 0 Å². The van der Waals surface area contributed by atoms with Crippen LogP contribution in [0.2, 0.25) is 0 Å². The first kappa shape index (κ1) is 14.9. The number of methoxy groups -OCH3 is 1. The SMILES string of the molecule is CCCNc1ncnc(OCC2CCCCC2)c1OC. The van der Waals surface area contributed by atoms with Crippen LogP contribution in [0.3, 0.4) is 0 Å². The molecule has 0 bridgehead atoms. The van der Waals surface area contributed by atoms with E-state index < -0.39 is 0 Å². The van der Waals surface area contributed by atoms with Gasteiger partial charge < -0.3 is 14.8 Å². The van der Waals surface area contributed by atoms with Gasteiger partial charge in [-0.05, 0) is 25.2 Å². The molecule has 0 unspecified atom stereocenters. The van der Waals surface area contributed by atoms with E-state index in [0.29, 0.717) is 23.4 Å². The molecule has 1 aliphatic rings. The smallest absolute Gasteiger partial charge is 0.262 e. The van der Waals surface area contributed by atoms with E-state index in [9.17, 15) is 0 Å². The number of aromatic nitrogens is 2. The number of anilines is 1. The first-order chi connectivity index (χ1) is 9.85. The van der Waals surface area contributed by atoms with Gasteiger partial charge in [-0.1, -0.05) is 26.2 Å². The molecule has 1 heterocycles. The van der Waals surface area contributed by atoms with Gasteiger partial charge in [0.05, 0.1) is 13.7 Å². The number of ether oxygens (including phenoxy) is 2. The summed E-state index contributed by atoms with van der Waals surface area (Å²) in [5.41, 5.74) is 0. The molecule has 0 saturated heterocycles. The van der Waals surface area contributed by atoms with Crippen LogP contribution in [0.4, 0.5) is 5.82 Å². The van der Waals surface area contributed by atoms with Crippen LogP contribution in [-0.4, -0.2) is 30.2 Å². The monoisotopic (exact) mass is 279 g/mol. The molecule has 1 saturated carbocycles. The molecule has 112 valence electrons. The third kappa shape index (κ3) is 3.99. The maximum absolute atomic E-state index is 5.87. The minimum absolute atomic E-state index is 0.548. The highest BCUT2D eigenvalue weighted by Crippen LogP contribution is 2.32. The first-order valence-electron chi connectivity index (χ1n) is 7.60. The minimum atomic E-state index is 0.548. The summed E-state index contributed by atoms with van der Waals surface area (Å²) < 4.78 is 11.3. The van der Waals surface area contributed by atoms with Crippen molar-refractivity contribution in [1.29, 1.82) is 0 Å². The van der Waals surface area contributed by atoms with Crippen LogP contribution in [0.25, 0.3) is 0 Å². The molecular weight excluding hydrogens is 254 g/mol. The predicted molar refractivity (Wildman–Crippen MR) is 79.4 cm³/mol. The van der Waals surface area contributed by atoms with Gasteiger partial charge in [0.15, 0.2) is 5.82 Å². The van der Waals surface area contributed by atoms with E-state index in [2.05, 4.69) is 22.2 Å². The molecular formula is C15H25N3O2. The predicted octanol–water partition coefficient (Wildman–Crippen LogP) is 3.27. The standard InChI is InChI=1S/C15H25N3O2/c1-3-9-16-14-13(19-2)15(18-11-17-14)20-10-12-7-5-4-6-8-12/h11-12H,3-10H2,1-2H3,(H,16,17,18). The fourth-order valence-electron chi connectivity index (χ4n) is 2.56.